The zero-order chi connectivity index (χ0) is 20.1. The van der Waals surface area contributed by atoms with Crippen molar-refractivity contribution in [1.29, 1.82) is 0 Å². The van der Waals surface area contributed by atoms with Gasteiger partial charge in [0, 0.05) is 31.8 Å². The highest BCUT2D eigenvalue weighted by Crippen LogP contribution is 2.29. The molecule has 1 aromatic carbocycles. The molecule has 0 aliphatic carbocycles. The summed E-state index contributed by atoms with van der Waals surface area (Å²) in [5.74, 6) is -1.52. The number of carbonyl (C=O) groups is 4. The number of hydrogen-bond acceptors (Lipinski definition) is 4. The number of carbonyl (C=O) groups excluding carboxylic acids is 3. The van der Waals surface area contributed by atoms with Crippen molar-refractivity contribution >= 4 is 35.1 Å². The van der Waals surface area contributed by atoms with E-state index in [9.17, 15) is 19.2 Å². The number of benzene rings is 1. The Hall–Kier alpha value is -2.90. The van der Waals surface area contributed by atoms with Gasteiger partial charge in [-0.25, -0.2) is 0 Å². The maximum atomic E-state index is 12.7. The fourth-order valence-corrected chi connectivity index (χ4v) is 3.87. The molecule has 150 valence electrons. The van der Waals surface area contributed by atoms with Gasteiger partial charge >= 0.3 is 5.97 Å². The van der Waals surface area contributed by atoms with E-state index in [2.05, 4.69) is 5.32 Å². The molecular formula is C20H25N3O5. The molecule has 28 heavy (non-hydrogen) atoms. The molecule has 0 spiro atoms. The van der Waals surface area contributed by atoms with Crippen LogP contribution in [0, 0.1) is 0 Å². The van der Waals surface area contributed by atoms with Gasteiger partial charge in [0.05, 0.1) is 11.4 Å². The lowest BCUT2D eigenvalue weighted by molar-refractivity contribution is -0.140. The minimum Gasteiger partial charge on any atom is -0.481 e. The highest BCUT2D eigenvalue weighted by atomic mass is 16.4. The number of hydrogen-bond donors (Lipinski definition) is 2. The highest BCUT2D eigenvalue weighted by Gasteiger charge is 2.30. The Morgan fingerprint density at radius 1 is 1.07 bits per heavy atom. The molecule has 1 unspecified atom stereocenters. The van der Waals surface area contributed by atoms with E-state index in [0.717, 1.165) is 19.3 Å². The van der Waals surface area contributed by atoms with Gasteiger partial charge in [0.2, 0.25) is 17.7 Å². The molecule has 2 heterocycles. The first-order chi connectivity index (χ1) is 13.5. The molecular weight excluding hydrogens is 362 g/mol. The van der Waals surface area contributed by atoms with Crippen molar-refractivity contribution in [1.82, 2.24) is 4.90 Å². The molecule has 1 saturated heterocycles. The SMILES string of the molecule is O=C(O)CCC1CCCCN1C(=O)CCC(=O)N1CC(=O)Nc2ccccc21. The van der Waals surface area contributed by atoms with Crippen molar-refractivity contribution in [3.8, 4) is 0 Å². The summed E-state index contributed by atoms with van der Waals surface area (Å²) in [5.41, 5.74) is 1.22. The van der Waals surface area contributed by atoms with Gasteiger partial charge in [-0.05, 0) is 37.8 Å². The smallest absolute Gasteiger partial charge is 0.303 e. The average molecular weight is 387 g/mol. The third-order valence-corrected chi connectivity index (χ3v) is 5.26. The lowest BCUT2D eigenvalue weighted by Crippen LogP contribution is -2.45. The van der Waals surface area contributed by atoms with E-state index in [0.29, 0.717) is 24.3 Å². The summed E-state index contributed by atoms with van der Waals surface area (Å²) in [4.78, 5) is 51.2. The number of amides is 3. The molecule has 3 rings (SSSR count). The normalized spacial score (nSPS) is 19.0. The summed E-state index contributed by atoms with van der Waals surface area (Å²) in [6.45, 7) is 0.543. The number of para-hydroxylation sites is 2. The predicted molar refractivity (Wildman–Crippen MR) is 103 cm³/mol. The Morgan fingerprint density at radius 3 is 2.61 bits per heavy atom. The molecule has 0 saturated carbocycles. The Balaban J connectivity index is 1.60. The summed E-state index contributed by atoms with van der Waals surface area (Å²) in [6, 6.07) is 7.00. The van der Waals surface area contributed by atoms with E-state index >= 15 is 0 Å². The third-order valence-electron chi connectivity index (χ3n) is 5.26. The first kappa shape index (κ1) is 19.9. The first-order valence-corrected chi connectivity index (χ1v) is 9.66. The van der Waals surface area contributed by atoms with Crippen LogP contribution in [0.1, 0.15) is 44.9 Å². The van der Waals surface area contributed by atoms with Crippen LogP contribution < -0.4 is 10.2 Å². The maximum absolute atomic E-state index is 12.7. The molecule has 8 heteroatoms. The third kappa shape index (κ3) is 4.68. The van der Waals surface area contributed by atoms with E-state index in [1.165, 1.54) is 4.90 Å². The summed E-state index contributed by atoms with van der Waals surface area (Å²) in [5, 5.41) is 11.6. The second-order valence-corrected chi connectivity index (χ2v) is 7.21. The number of aliphatic carboxylic acids is 1. The Bertz CT molecular complexity index is 779. The molecule has 0 bridgehead atoms. The van der Waals surface area contributed by atoms with Gasteiger partial charge in [0.1, 0.15) is 6.54 Å². The number of nitrogens with one attached hydrogen (secondary N) is 1. The minimum atomic E-state index is -0.866. The van der Waals surface area contributed by atoms with Crippen molar-refractivity contribution in [3.05, 3.63) is 24.3 Å². The number of likely N-dealkylation sites (tertiary alicyclic amines) is 1. The predicted octanol–water partition coefficient (Wildman–Crippen LogP) is 2.00. The molecule has 0 radical (unpaired) electrons. The van der Waals surface area contributed by atoms with Crippen molar-refractivity contribution in [2.75, 3.05) is 23.3 Å². The van der Waals surface area contributed by atoms with Gasteiger partial charge in [-0.2, -0.15) is 0 Å². The lowest BCUT2D eigenvalue weighted by Gasteiger charge is -2.36. The summed E-state index contributed by atoms with van der Waals surface area (Å²) in [7, 11) is 0. The topological polar surface area (TPSA) is 107 Å². The molecule has 2 N–H and O–H groups in total. The second kappa shape index (κ2) is 8.86. The van der Waals surface area contributed by atoms with Crippen LogP contribution in [0.3, 0.4) is 0 Å². The highest BCUT2D eigenvalue weighted by molar-refractivity contribution is 6.10. The first-order valence-electron chi connectivity index (χ1n) is 9.66. The van der Waals surface area contributed by atoms with Crippen molar-refractivity contribution in [3.63, 3.8) is 0 Å². The lowest BCUT2D eigenvalue weighted by atomic mass is 9.97. The molecule has 8 nitrogen and oxygen atoms in total. The fourth-order valence-electron chi connectivity index (χ4n) is 3.87. The van der Waals surface area contributed by atoms with E-state index in [4.69, 9.17) is 5.11 Å². The van der Waals surface area contributed by atoms with Crippen LogP contribution in [0.25, 0.3) is 0 Å². The van der Waals surface area contributed by atoms with Crippen molar-refractivity contribution < 1.29 is 24.3 Å². The standard InChI is InChI=1S/C20H25N3O5/c24-17-13-23(16-7-2-1-6-15(16)21-17)19(26)10-9-18(25)22-12-4-3-5-14(22)8-11-20(27)28/h1-2,6-7,14H,3-5,8-13H2,(H,21,24)(H,27,28). The molecule has 2 aliphatic heterocycles. The van der Waals surface area contributed by atoms with Crippen LogP contribution in [0.4, 0.5) is 11.4 Å². The molecule has 1 aromatic rings. The minimum absolute atomic E-state index is 0.0165. The zero-order valence-electron chi connectivity index (χ0n) is 15.7. The van der Waals surface area contributed by atoms with Gasteiger partial charge < -0.3 is 20.2 Å². The fraction of sp³-hybridized carbons (Fsp3) is 0.500. The molecule has 3 amide bonds. The van der Waals surface area contributed by atoms with Gasteiger partial charge in [-0.1, -0.05) is 12.1 Å². The largest absolute Gasteiger partial charge is 0.481 e. The monoisotopic (exact) mass is 387 g/mol. The average Bonchev–Trinajstić information content (AvgIpc) is 2.69. The number of carboxylic acids is 1. The molecule has 1 fully saturated rings. The zero-order valence-corrected chi connectivity index (χ0v) is 15.7. The van der Waals surface area contributed by atoms with Crippen LogP contribution in [-0.4, -0.2) is 52.8 Å². The van der Waals surface area contributed by atoms with E-state index < -0.39 is 5.97 Å². The van der Waals surface area contributed by atoms with E-state index in [1.807, 2.05) is 0 Å². The summed E-state index contributed by atoms with van der Waals surface area (Å²) >= 11 is 0. The number of carboxylic acid groups (broad SMARTS) is 1. The number of rotatable bonds is 6. The molecule has 0 aromatic heterocycles. The second-order valence-electron chi connectivity index (χ2n) is 7.21. The number of piperidine rings is 1. The van der Waals surface area contributed by atoms with Crippen molar-refractivity contribution in [2.24, 2.45) is 0 Å². The van der Waals surface area contributed by atoms with Gasteiger partial charge in [0.15, 0.2) is 0 Å². The molecule has 1 atom stereocenters. The van der Waals surface area contributed by atoms with Crippen LogP contribution >= 0.6 is 0 Å². The quantitative estimate of drug-likeness (QED) is 0.776. The van der Waals surface area contributed by atoms with Crippen LogP contribution in [0.2, 0.25) is 0 Å². The number of nitrogens with zero attached hydrogens (tertiary/aromatic N) is 2. The van der Waals surface area contributed by atoms with Gasteiger partial charge in [-0.15, -0.1) is 0 Å². The summed E-state index contributed by atoms with van der Waals surface area (Å²) in [6.07, 6.45) is 3.22. The number of fused-ring (bicyclic) bond motifs is 1. The molecule has 2 aliphatic rings. The Kier molecular flexibility index (Phi) is 6.28. The Morgan fingerprint density at radius 2 is 1.82 bits per heavy atom. The van der Waals surface area contributed by atoms with Gasteiger partial charge in [0.25, 0.3) is 0 Å². The van der Waals surface area contributed by atoms with Crippen LogP contribution in [0.5, 0.6) is 0 Å². The Labute approximate surface area is 163 Å². The maximum Gasteiger partial charge on any atom is 0.303 e. The van der Waals surface area contributed by atoms with Crippen LogP contribution in [-0.2, 0) is 19.2 Å². The van der Waals surface area contributed by atoms with Gasteiger partial charge in [-0.3, -0.25) is 19.2 Å². The van der Waals surface area contributed by atoms with Crippen molar-refractivity contribution in [2.45, 2.75) is 51.0 Å². The van der Waals surface area contributed by atoms with E-state index in [-0.39, 0.29) is 49.6 Å². The van der Waals surface area contributed by atoms with E-state index in [1.54, 1.807) is 29.2 Å². The van der Waals surface area contributed by atoms with Crippen LogP contribution in [0.15, 0.2) is 24.3 Å². The summed E-state index contributed by atoms with van der Waals surface area (Å²) < 4.78 is 0. The number of anilines is 2.